The van der Waals surface area contributed by atoms with Crippen LogP contribution in [0.25, 0.3) is 0 Å². The minimum atomic E-state index is -2.28. The second-order valence-electron chi connectivity index (χ2n) is 2.08. The second kappa shape index (κ2) is 3.61. The molecule has 1 N–H and O–H groups in total. The van der Waals surface area contributed by atoms with Crippen LogP contribution in [0.5, 0.6) is 0 Å². The minimum absolute atomic E-state index is 0.173. The van der Waals surface area contributed by atoms with Gasteiger partial charge in [0.05, 0.1) is 0 Å². The number of aryl methyl sites for hydroxylation is 1. The van der Waals surface area contributed by atoms with E-state index in [1.165, 1.54) is 15.9 Å². The number of aromatic nitrogens is 1. The van der Waals surface area contributed by atoms with Crippen LogP contribution in [0.4, 0.5) is 8.78 Å². The van der Waals surface area contributed by atoms with Crippen LogP contribution in [-0.2, 0) is 6.54 Å². The summed E-state index contributed by atoms with van der Waals surface area (Å²) in [5.74, 6) is 0. The second-order valence-corrected chi connectivity index (χ2v) is 2.98. The molecule has 0 spiro atoms. The Hall–Kier alpha value is -0.710. The maximum atomic E-state index is 11.7. The van der Waals surface area contributed by atoms with E-state index < -0.39 is 6.43 Å². The summed E-state index contributed by atoms with van der Waals surface area (Å²) in [6.07, 6.45) is -0.801. The van der Waals surface area contributed by atoms with Crippen molar-refractivity contribution in [1.29, 1.82) is 5.41 Å². The summed E-state index contributed by atoms with van der Waals surface area (Å²) in [6.45, 7) is 0.236. The van der Waals surface area contributed by atoms with Crippen LogP contribution in [0.2, 0.25) is 0 Å². The van der Waals surface area contributed by atoms with E-state index in [2.05, 4.69) is 0 Å². The van der Waals surface area contributed by atoms with Crippen molar-refractivity contribution in [2.75, 3.05) is 0 Å². The smallest absolute Gasteiger partial charge is 0.240 e. The first kappa shape index (κ1) is 8.39. The first-order valence-electron chi connectivity index (χ1n) is 3.17. The standard InChI is InChI=1S/C6H8F2N2S/c7-5(8)1-2-10-3-4-11-6(10)9/h3-5,9H,1-2H2. The van der Waals surface area contributed by atoms with Gasteiger partial charge < -0.3 is 4.57 Å². The van der Waals surface area contributed by atoms with Crippen molar-refractivity contribution >= 4 is 11.3 Å². The highest BCUT2D eigenvalue weighted by Crippen LogP contribution is 2.00. The first-order valence-corrected chi connectivity index (χ1v) is 4.05. The molecule has 2 nitrogen and oxygen atoms in total. The zero-order chi connectivity index (χ0) is 8.27. The van der Waals surface area contributed by atoms with Gasteiger partial charge in [0.15, 0.2) is 4.80 Å². The molecule has 5 heteroatoms. The molecule has 11 heavy (non-hydrogen) atoms. The van der Waals surface area contributed by atoms with Gasteiger partial charge in [-0.15, -0.1) is 11.3 Å². The Kier molecular flexibility index (Phi) is 2.76. The number of thiazole rings is 1. The third-order valence-corrected chi connectivity index (χ3v) is 1.99. The van der Waals surface area contributed by atoms with E-state index in [1.807, 2.05) is 0 Å². The third-order valence-electron chi connectivity index (χ3n) is 1.27. The Morgan fingerprint density at radius 2 is 2.36 bits per heavy atom. The van der Waals surface area contributed by atoms with Gasteiger partial charge in [-0.3, -0.25) is 5.41 Å². The molecule has 0 atom stereocenters. The number of hydrogen-bond acceptors (Lipinski definition) is 2. The van der Waals surface area contributed by atoms with Crippen LogP contribution in [0, 0.1) is 5.41 Å². The fourth-order valence-corrected chi connectivity index (χ4v) is 1.34. The number of nitrogens with zero attached hydrogens (tertiary/aromatic N) is 1. The van der Waals surface area contributed by atoms with E-state index in [1.54, 1.807) is 11.6 Å². The van der Waals surface area contributed by atoms with Gasteiger partial charge in [-0.1, -0.05) is 0 Å². The molecule has 1 rings (SSSR count). The van der Waals surface area contributed by atoms with Crippen molar-refractivity contribution in [1.82, 2.24) is 4.57 Å². The topological polar surface area (TPSA) is 28.8 Å². The molecule has 0 aromatic carbocycles. The fourth-order valence-electron chi connectivity index (χ4n) is 0.716. The Balaban J connectivity index is 2.51. The van der Waals surface area contributed by atoms with Gasteiger partial charge in [0.2, 0.25) is 6.43 Å². The average molecular weight is 178 g/mol. The fraction of sp³-hybridized carbons (Fsp3) is 0.500. The summed E-state index contributed by atoms with van der Waals surface area (Å²) in [4.78, 5) is 0.325. The summed E-state index contributed by atoms with van der Waals surface area (Å²) < 4.78 is 24.9. The highest BCUT2D eigenvalue weighted by Gasteiger charge is 2.02. The van der Waals surface area contributed by atoms with Crippen LogP contribution in [0.1, 0.15) is 6.42 Å². The molecule has 62 valence electrons. The minimum Gasteiger partial charge on any atom is -0.324 e. The predicted molar refractivity (Wildman–Crippen MR) is 38.8 cm³/mol. The van der Waals surface area contributed by atoms with Crippen molar-refractivity contribution in [3.05, 3.63) is 16.4 Å². The maximum Gasteiger partial charge on any atom is 0.240 e. The molecule has 0 aliphatic carbocycles. The summed E-state index contributed by atoms with van der Waals surface area (Å²) in [5.41, 5.74) is 0. The molecule has 0 aliphatic heterocycles. The maximum absolute atomic E-state index is 11.7. The van der Waals surface area contributed by atoms with Gasteiger partial charge in [-0.25, -0.2) is 8.78 Å². The number of hydrogen-bond donors (Lipinski definition) is 1. The summed E-state index contributed by atoms with van der Waals surface area (Å²) >= 11 is 1.24. The van der Waals surface area contributed by atoms with Crippen molar-refractivity contribution in [2.45, 2.75) is 19.4 Å². The molecule has 0 bridgehead atoms. The number of rotatable bonds is 3. The van der Waals surface area contributed by atoms with Crippen molar-refractivity contribution < 1.29 is 8.78 Å². The highest BCUT2D eigenvalue weighted by atomic mass is 32.1. The molecule has 0 unspecified atom stereocenters. The Labute approximate surface area is 66.6 Å². The number of alkyl halides is 2. The lowest BCUT2D eigenvalue weighted by Crippen LogP contribution is -2.13. The van der Waals surface area contributed by atoms with E-state index >= 15 is 0 Å². The van der Waals surface area contributed by atoms with E-state index in [-0.39, 0.29) is 13.0 Å². The zero-order valence-electron chi connectivity index (χ0n) is 5.76. The largest absolute Gasteiger partial charge is 0.324 e. The quantitative estimate of drug-likeness (QED) is 0.729. The van der Waals surface area contributed by atoms with Gasteiger partial charge in [0.25, 0.3) is 0 Å². The van der Waals surface area contributed by atoms with E-state index in [4.69, 9.17) is 5.41 Å². The molecule has 0 fully saturated rings. The Morgan fingerprint density at radius 3 is 2.82 bits per heavy atom. The summed E-state index contributed by atoms with van der Waals surface area (Å²) in [5, 5.41) is 8.95. The van der Waals surface area contributed by atoms with Gasteiger partial charge in [0.1, 0.15) is 0 Å². The monoisotopic (exact) mass is 178 g/mol. The van der Waals surface area contributed by atoms with Crippen LogP contribution in [0.15, 0.2) is 11.6 Å². The normalized spacial score (nSPS) is 10.8. The van der Waals surface area contributed by atoms with E-state index in [0.29, 0.717) is 4.80 Å². The summed E-state index contributed by atoms with van der Waals surface area (Å²) in [7, 11) is 0. The van der Waals surface area contributed by atoms with Crippen LogP contribution in [0.3, 0.4) is 0 Å². The van der Waals surface area contributed by atoms with E-state index in [0.717, 1.165) is 0 Å². The number of nitrogens with one attached hydrogen (secondary N) is 1. The molecular formula is C6H8F2N2S. The van der Waals surface area contributed by atoms with E-state index in [9.17, 15) is 8.78 Å². The molecular weight excluding hydrogens is 170 g/mol. The SMILES string of the molecule is N=c1sccn1CCC(F)F. The first-order chi connectivity index (χ1) is 5.20. The molecule has 1 heterocycles. The van der Waals surface area contributed by atoms with Gasteiger partial charge in [-0.2, -0.15) is 0 Å². The van der Waals surface area contributed by atoms with Crippen LogP contribution in [-0.4, -0.2) is 11.0 Å². The molecule has 0 saturated heterocycles. The molecule has 0 amide bonds. The van der Waals surface area contributed by atoms with Crippen molar-refractivity contribution in [2.24, 2.45) is 0 Å². The Morgan fingerprint density at radius 1 is 1.64 bits per heavy atom. The lowest BCUT2D eigenvalue weighted by atomic mass is 10.4. The predicted octanol–water partition coefficient (Wildman–Crippen LogP) is 1.68. The third kappa shape index (κ3) is 2.42. The van der Waals surface area contributed by atoms with Crippen molar-refractivity contribution in [3.63, 3.8) is 0 Å². The molecule has 0 saturated carbocycles. The van der Waals surface area contributed by atoms with Gasteiger partial charge in [-0.05, 0) is 0 Å². The average Bonchev–Trinajstić information content (AvgIpc) is 2.31. The van der Waals surface area contributed by atoms with Crippen molar-refractivity contribution in [3.8, 4) is 0 Å². The van der Waals surface area contributed by atoms with Gasteiger partial charge >= 0.3 is 0 Å². The molecule has 1 aromatic heterocycles. The van der Waals surface area contributed by atoms with Gasteiger partial charge in [0, 0.05) is 24.5 Å². The summed E-state index contributed by atoms with van der Waals surface area (Å²) in [6, 6.07) is 0. The van der Waals surface area contributed by atoms with Crippen LogP contribution < -0.4 is 4.80 Å². The Bertz CT molecular complexity index is 266. The highest BCUT2D eigenvalue weighted by molar-refractivity contribution is 7.06. The molecule has 1 aromatic rings. The lowest BCUT2D eigenvalue weighted by Gasteiger charge is -1.99. The molecule has 0 radical (unpaired) electrons. The molecule has 0 aliphatic rings. The lowest BCUT2D eigenvalue weighted by molar-refractivity contribution is 0.131. The zero-order valence-corrected chi connectivity index (χ0v) is 6.57. The number of halogens is 2. The van der Waals surface area contributed by atoms with Crippen LogP contribution >= 0.6 is 11.3 Å².